The third kappa shape index (κ3) is 2.51. The number of hydrogen-bond donors (Lipinski definition) is 1. The summed E-state index contributed by atoms with van der Waals surface area (Å²) in [6, 6.07) is 7.94. The second-order valence-electron chi connectivity index (χ2n) is 4.82. The first kappa shape index (κ1) is 13.1. The van der Waals surface area contributed by atoms with Crippen molar-refractivity contribution in [2.24, 2.45) is 0 Å². The van der Waals surface area contributed by atoms with Gasteiger partial charge in [0, 0.05) is 16.0 Å². The van der Waals surface area contributed by atoms with Crippen molar-refractivity contribution in [2.75, 3.05) is 5.32 Å². The van der Waals surface area contributed by atoms with E-state index < -0.39 is 0 Å². The summed E-state index contributed by atoms with van der Waals surface area (Å²) in [6.45, 7) is 2.20. The van der Waals surface area contributed by atoms with E-state index in [4.69, 9.17) is 0 Å². The molecule has 2 aromatic heterocycles. The molecule has 0 unspecified atom stereocenters. The predicted octanol–water partition coefficient (Wildman–Crippen LogP) is 3.98. The Kier molecular flexibility index (Phi) is 3.65. The number of pyridine rings is 1. The van der Waals surface area contributed by atoms with Gasteiger partial charge in [-0.3, -0.25) is 9.78 Å². The van der Waals surface area contributed by atoms with E-state index in [9.17, 15) is 4.79 Å². The maximum atomic E-state index is 12.0. The maximum Gasteiger partial charge on any atom is 0.258 e. The van der Waals surface area contributed by atoms with E-state index in [0.717, 1.165) is 22.7 Å². The number of nitrogens with one attached hydrogen (secondary N) is 1. The first-order chi connectivity index (χ1) is 9.78. The third-order valence-electron chi connectivity index (χ3n) is 3.30. The number of rotatable bonds is 4. The number of aromatic nitrogens is 1. The first-order valence-corrected chi connectivity index (χ1v) is 7.66. The second-order valence-corrected chi connectivity index (χ2v) is 6.02. The molecule has 1 N–H and O–H groups in total. The minimum absolute atomic E-state index is 0.0674. The average molecular weight is 284 g/mol. The fourth-order valence-electron chi connectivity index (χ4n) is 2.25. The van der Waals surface area contributed by atoms with Crippen LogP contribution in [0.2, 0.25) is 0 Å². The van der Waals surface area contributed by atoms with E-state index >= 15 is 0 Å². The van der Waals surface area contributed by atoms with E-state index in [1.165, 1.54) is 17.7 Å². The van der Waals surface area contributed by atoms with Gasteiger partial charge in [0.2, 0.25) is 0 Å². The summed E-state index contributed by atoms with van der Waals surface area (Å²) < 4.78 is 0. The molecule has 3 nitrogen and oxygen atoms in total. The van der Waals surface area contributed by atoms with Crippen molar-refractivity contribution in [1.82, 2.24) is 4.98 Å². The zero-order valence-corrected chi connectivity index (χ0v) is 12.2. The molecule has 1 amide bonds. The molecule has 0 aliphatic carbocycles. The van der Waals surface area contributed by atoms with Crippen molar-refractivity contribution in [1.29, 1.82) is 0 Å². The highest BCUT2D eigenvalue weighted by atomic mass is 32.1. The Labute approximate surface area is 122 Å². The molecule has 0 spiro atoms. The monoisotopic (exact) mass is 284 g/mol. The number of unbranched alkanes of at least 4 members (excludes halogenated alkanes) is 1. The van der Waals surface area contributed by atoms with Gasteiger partial charge in [0.15, 0.2) is 0 Å². The van der Waals surface area contributed by atoms with Crippen LogP contribution in [0.15, 0.2) is 30.5 Å². The van der Waals surface area contributed by atoms with Crippen molar-refractivity contribution in [3.63, 3.8) is 0 Å². The molecule has 1 aliphatic heterocycles. The minimum Gasteiger partial charge on any atom is -0.320 e. The number of hydrogen-bond acceptors (Lipinski definition) is 3. The minimum atomic E-state index is -0.0674. The van der Waals surface area contributed by atoms with Gasteiger partial charge < -0.3 is 5.32 Å². The van der Waals surface area contributed by atoms with Gasteiger partial charge >= 0.3 is 0 Å². The van der Waals surface area contributed by atoms with Gasteiger partial charge in [0.1, 0.15) is 0 Å². The van der Waals surface area contributed by atoms with Crippen LogP contribution in [0.3, 0.4) is 0 Å². The Morgan fingerprint density at radius 2 is 2.25 bits per heavy atom. The lowest BCUT2D eigenvalue weighted by Gasteiger charge is -1.95. The summed E-state index contributed by atoms with van der Waals surface area (Å²) in [7, 11) is 0. The molecular formula is C16H16N2OS. The van der Waals surface area contributed by atoms with Crippen LogP contribution in [0.25, 0.3) is 11.6 Å². The fourth-order valence-corrected chi connectivity index (χ4v) is 3.25. The van der Waals surface area contributed by atoms with E-state index in [1.54, 1.807) is 17.5 Å². The van der Waals surface area contributed by atoms with Crippen molar-refractivity contribution in [3.8, 4) is 0 Å². The fraction of sp³-hybridized carbons (Fsp3) is 0.250. The number of nitrogens with zero attached hydrogens (tertiary/aromatic N) is 1. The number of fused-ring (bicyclic) bond motifs is 1. The van der Waals surface area contributed by atoms with E-state index in [1.807, 2.05) is 18.2 Å². The van der Waals surface area contributed by atoms with Crippen LogP contribution in [0, 0.1) is 0 Å². The van der Waals surface area contributed by atoms with Crippen LogP contribution in [-0.4, -0.2) is 10.9 Å². The quantitative estimate of drug-likeness (QED) is 0.863. The molecule has 0 saturated heterocycles. The molecule has 0 aromatic carbocycles. The highest BCUT2D eigenvalue weighted by Crippen LogP contribution is 2.32. The summed E-state index contributed by atoms with van der Waals surface area (Å²) in [5, 5.41) is 2.84. The summed E-state index contributed by atoms with van der Waals surface area (Å²) in [5.41, 5.74) is 2.21. The number of carbonyl (C=O) groups excluding carboxylic acids is 1. The molecule has 0 atom stereocenters. The summed E-state index contributed by atoms with van der Waals surface area (Å²) in [4.78, 5) is 18.8. The average Bonchev–Trinajstić information content (AvgIpc) is 3.02. The van der Waals surface area contributed by atoms with Crippen molar-refractivity contribution < 1.29 is 4.79 Å². The van der Waals surface area contributed by atoms with Gasteiger partial charge in [-0.2, -0.15) is 0 Å². The van der Waals surface area contributed by atoms with Crippen molar-refractivity contribution >= 4 is 34.6 Å². The van der Waals surface area contributed by atoms with Crippen LogP contribution in [0.4, 0.5) is 5.69 Å². The molecule has 0 bridgehead atoms. The lowest BCUT2D eigenvalue weighted by atomic mass is 10.1. The van der Waals surface area contributed by atoms with Gasteiger partial charge in [-0.15, -0.1) is 11.3 Å². The van der Waals surface area contributed by atoms with Gasteiger partial charge in [-0.25, -0.2) is 0 Å². The lowest BCUT2D eigenvalue weighted by Crippen LogP contribution is -2.03. The molecule has 102 valence electrons. The molecule has 3 rings (SSSR count). The van der Waals surface area contributed by atoms with Crippen LogP contribution in [0.5, 0.6) is 0 Å². The molecule has 20 heavy (non-hydrogen) atoms. The Morgan fingerprint density at radius 3 is 3.10 bits per heavy atom. The van der Waals surface area contributed by atoms with E-state index in [-0.39, 0.29) is 5.91 Å². The number of amides is 1. The molecule has 3 heterocycles. The normalized spacial score (nSPS) is 15.4. The van der Waals surface area contributed by atoms with Gasteiger partial charge in [0.05, 0.1) is 17.0 Å². The molecule has 2 aromatic rings. The van der Waals surface area contributed by atoms with Crippen LogP contribution < -0.4 is 5.32 Å². The van der Waals surface area contributed by atoms with Crippen molar-refractivity contribution in [3.05, 3.63) is 45.9 Å². The van der Waals surface area contributed by atoms with Gasteiger partial charge in [-0.05, 0) is 43.2 Å². The Morgan fingerprint density at radius 1 is 1.35 bits per heavy atom. The largest absolute Gasteiger partial charge is 0.320 e. The zero-order chi connectivity index (χ0) is 13.9. The Bertz CT molecular complexity index is 673. The van der Waals surface area contributed by atoms with Crippen LogP contribution >= 0.6 is 11.3 Å². The molecular weight excluding hydrogens is 268 g/mol. The third-order valence-corrected chi connectivity index (χ3v) is 4.39. The SMILES string of the molecule is CCCCc1ccc(C=C2C(=O)Nc3cccnc32)s1. The smallest absolute Gasteiger partial charge is 0.258 e. The molecule has 4 heteroatoms. The van der Waals surface area contributed by atoms with E-state index in [2.05, 4.69) is 29.4 Å². The number of carbonyl (C=O) groups is 1. The molecule has 0 fully saturated rings. The standard InChI is InChI=1S/C16H16N2OS/c1-2-3-5-11-7-8-12(20-11)10-13-15-14(18-16(13)19)6-4-9-17-15/h4,6-10H,2-3,5H2,1H3,(H,18,19). The molecule has 0 radical (unpaired) electrons. The van der Waals surface area contributed by atoms with Gasteiger partial charge in [0.25, 0.3) is 5.91 Å². The topological polar surface area (TPSA) is 42.0 Å². The summed E-state index contributed by atoms with van der Waals surface area (Å²) >= 11 is 1.75. The Hall–Kier alpha value is -1.94. The van der Waals surface area contributed by atoms with E-state index in [0.29, 0.717) is 5.57 Å². The molecule has 1 aliphatic rings. The van der Waals surface area contributed by atoms with Crippen LogP contribution in [-0.2, 0) is 11.2 Å². The Balaban J connectivity index is 1.88. The summed E-state index contributed by atoms with van der Waals surface area (Å²) in [5.74, 6) is -0.0674. The zero-order valence-electron chi connectivity index (χ0n) is 11.3. The first-order valence-electron chi connectivity index (χ1n) is 6.85. The predicted molar refractivity (Wildman–Crippen MR) is 83.7 cm³/mol. The van der Waals surface area contributed by atoms with Crippen molar-refractivity contribution in [2.45, 2.75) is 26.2 Å². The highest BCUT2D eigenvalue weighted by molar-refractivity contribution is 7.13. The van der Waals surface area contributed by atoms with Crippen LogP contribution in [0.1, 0.15) is 35.2 Å². The maximum absolute atomic E-state index is 12.0. The number of anilines is 1. The number of aryl methyl sites for hydroxylation is 1. The highest BCUT2D eigenvalue weighted by Gasteiger charge is 2.25. The second kappa shape index (κ2) is 5.59. The lowest BCUT2D eigenvalue weighted by molar-refractivity contribution is -0.110. The number of thiophene rings is 1. The summed E-state index contributed by atoms with van der Waals surface area (Å²) in [6.07, 6.45) is 7.18. The molecule has 0 saturated carbocycles. The van der Waals surface area contributed by atoms with Gasteiger partial charge in [-0.1, -0.05) is 13.3 Å².